The van der Waals surface area contributed by atoms with Gasteiger partial charge in [0.05, 0.1) is 0 Å². The molecule has 2 rings (SSSR count). The maximum Gasteiger partial charge on any atom is 0.312 e. The number of nitrogens with two attached hydrogens (primary N) is 1. The van der Waals surface area contributed by atoms with E-state index in [4.69, 9.17) is 5.73 Å². The first-order valence-electron chi connectivity index (χ1n) is 6.50. The van der Waals surface area contributed by atoms with E-state index < -0.39 is 0 Å². The number of piperazine rings is 1. The molecule has 1 aliphatic heterocycles. The highest BCUT2D eigenvalue weighted by atomic mass is 16.2. The number of rotatable bonds is 2. The van der Waals surface area contributed by atoms with Gasteiger partial charge in [0.25, 0.3) is 0 Å². The summed E-state index contributed by atoms with van der Waals surface area (Å²) < 4.78 is 0. The van der Waals surface area contributed by atoms with Crippen molar-refractivity contribution in [3.8, 4) is 0 Å². The van der Waals surface area contributed by atoms with Gasteiger partial charge >= 0.3 is 11.8 Å². The predicted molar refractivity (Wildman–Crippen MR) is 64.2 cm³/mol. The second kappa shape index (κ2) is 5.04. The molecule has 5 heteroatoms. The van der Waals surface area contributed by atoms with Crippen molar-refractivity contribution in [2.75, 3.05) is 19.6 Å². The van der Waals surface area contributed by atoms with Gasteiger partial charge in [0.1, 0.15) is 0 Å². The molecule has 2 amide bonds. The number of hydrogen-bond acceptors (Lipinski definition) is 3. The second-order valence-corrected chi connectivity index (χ2v) is 4.90. The molecule has 5 nitrogen and oxygen atoms in total. The van der Waals surface area contributed by atoms with Crippen molar-refractivity contribution in [3.63, 3.8) is 0 Å². The lowest BCUT2D eigenvalue weighted by atomic mass is 9.89. The van der Waals surface area contributed by atoms with Crippen molar-refractivity contribution in [1.82, 2.24) is 9.80 Å². The summed E-state index contributed by atoms with van der Waals surface area (Å²) in [7, 11) is 0. The Morgan fingerprint density at radius 1 is 1.18 bits per heavy atom. The summed E-state index contributed by atoms with van der Waals surface area (Å²) >= 11 is 0. The van der Waals surface area contributed by atoms with Gasteiger partial charge < -0.3 is 15.5 Å². The molecule has 1 aliphatic carbocycles. The Hall–Kier alpha value is -1.10. The van der Waals surface area contributed by atoms with E-state index in [1.165, 1.54) is 0 Å². The van der Waals surface area contributed by atoms with Gasteiger partial charge in [-0.15, -0.1) is 0 Å². The fraction of sp³-hybridized carbons (Fsp3) is 0.833. The monoisotopic (exact) mass is 239 g/mol. The lowest BCUT2D eigenvalue weighted by molar-refractivity contribution is -0.158. The van der Waals surface area contributed by atoms with E-state index in [1.54, 1.807) is 9.80 Å². The average molecular weight is 239 g/mol. The standard InChI is InChI=1S/C12H21N3O2/c1-2-14-7-8-15(12(17)11(14)16)10-6-4-3-5-9(10)13/h9-10H,2-8,13H2,1H3. The van der Waals surface area contributed by atoms with Crippen LogP contribution in [0.15, 0.2) is 0 Å². The van der Waals surface area contributed by atoms with Crippen molar-refractivity contribution < 1.29 is 9.59 Å². The Balaban J connectivity index is 2.07. The fourth-order valence-corrected chi connectivity index (χ4v) is 2.83. The van der Waals surface area contributed by atoms with Crippen LogP contribution in [0.25, 0.3) is 0 Å². The minimum Gasteiger partial charge on any atom is -0.333 e. The van der Waals surface area contributed by atoms with Crippen LogP contribution in [0.1, 0.15) is 32.6 Å². The molecule has 1 saturated heterocycles. The van der Waals surface area contributed by atoms with Crippen LogP contribution >= 0.6 is 0 Å². The van der Waals surface area contributed by atoms with Crippen LogP contribution in [-0.2, 0) is 9.59 Å². The SMILES string of the molecule is CCN1CCN(C2CCCCC2N)C(=O)C1=O. The summed E-state index contributed by atoms with van der Waals surface area (Å²) in [5.41, 5.74) is 6.07. The number of carbonyl (C=O) groups is 2. The Kier molecular flexibility index (Phi) is 3.66. The Labute approximate surface area is 102 Å². The van der Waals surface area contributed by atoms with Gasteiger partial charge in [0.2, 0.25) is 0 Å². The molecule has 0 bridgehead atoms. The first-order chi connectivity index (χ1) is 8.15. The van der Waals surface area contributed by atoms with E-state index in [9.17, 15) is 9.59 Å². The topological polar surface area (TPSA) is 66.6 Å². The van der Waals surface area contributed by atoms with E-state index in [2.05, 4.69) is 0 Å². The molecule has 17 heavy (non-hydrogen) atoms. The van der Waals surface area contributed by atoms with Crippen LogP contribution in [0.2, 0.25) is 0 Å². The Bertz CT molecular complexity index is 319. The van der Waals surface area contributed by atoms with Gasteiger partial charge in [-0.05, 0) is 19.8 Å². The minimum absolute atomic E-state index is 0.0358. The van der Waals surface area contributed by atoms with Gasteiger partial charge in [-0.3, -0.25) is 9.59 Å². The van der Waals surface area contributed by atoms with E-state index in [-0.39, 0.29) is 23.9 Å². The maximum atomic E-state index is 12.0. The molecule has 0 spiro atoms. The molecule has 0 radical (unpaired) electrons. The van der Waals surface area contributed by atoms with Crippen molar-refractivity contribution >= 4 is 11.8 Å². The van der Waals surface area contributed by atoms with Crippen molar-refractivity contribution in [3.05, 3.63) is 0 Å². The molecule has 0 aromatic heterocycles. The lowest BCUT2D eigenvalue weighted by Gasteiger charge is -2.42. The largest absolute Gasteiger partial charge is 0.333 e. The molecule has 2 atom stereocenters. The third-order valence-corrected chi connectivity index (χ3v) is 3.91. The highest BCUT2D eigenvalue weighted by Crippen LogP contribution is 2.23. The molecular weight excluding hydrogens is 218 g/mol. The van der Waals surface area contributed by atoms with E-state index in [0.29, 0.717) is 19.6 Å². The quantitative estimate of drug-likeness (QED) is 0.687. The molecule has 96 valence electrons. The molecular formula is C12H21N3O2. The normalized spacial score (nSPS) is 30.9. The fourth-order valence-electron chi connectivity index (χ4n) is 2.83. The van der Waals surface area contributed by atoms with E-state index in [0.717, 1.165) is 25.7 Å². The zero-order valence-corrected chi connectivity index (χ0v) is 10.4. The van der Waals surface area contributed by atoms with E-state index in [1.807, 2.05) is 6.92 Å². The van der Waals surface area contributed by atoms with Crippen molar-refractivity contribution in [2.24, 2.45) is 5.73 Å². The number of nitrogens with zero attached hydrogens (tertiary/aromatic N) is 2. The van der Waals surface area contributed by atoms with Crippen molar-refractivity contribution in [1.29, 1.82) is 0 Å². The van der Waals surface area contributed by atoms with E-state index >= 15 is 0 Å². The predicted octanol–water partition coefficient (Wildman–Crippen LogP) is -0.0530. The van der Waals surface area contributed by atoms with Crippen LogP contribution in [0.4, 0.5) is 0 Å². The molecule has 2 N–H and O–H groups in total. The van der Waals surface area contributed by atoms with Gasteiger partial charge in [0, 0.05) is 31.7 Å². The molecule has 2 unspecified atom stereocenters. The number of carbonyl (C=O) groups excluding carboxylic acids is 2. The van der Waals surface area contributed by atoms with Crippen LogP contribution in [-0.4, -0.2) is 53.3 Å². The van der Waals surface area contributed by atoms with Crippen LogP contribution in [0, 0.1) is 0 Å². The van der Waals surface area contributed by atoms with Gasteiger partial charge in [-0.2, -0.15) is 0 Å². The zero-order chi connectivity index (χ0) is 12.4. The molecule has 2 aliphatic rings. The summed E-state index contributed by atoms with van der Waals surface area (Å²) in [4.78, 5) is 27.1. The summed E-state index contributed by atoms with van der Waals surface area (Å²) in [6.45, 7) is 3.78. The second-order valence-electron chi connectivity index (χ2n) is 4.90. The maximum absolute atomic E-state index is 12.0. The molecule has 1 heterocycles. The van der Waals surface area contributed by atoms with Crippen LogP contribution in [0.5, 0.6) is 0 Å². The minimum atomic E-state index is -0.364. The summed E-state index contributed by atoms with van der Waals surface area (Å²) in [6.07, 6.45) is 4.13. The zero-order valence-electron chi connectivity index (χ0n) is 10.4. The summed E-state index contributed by atoms with van der Waals surface area (Å²) in [6, 6.07) is 0.105. The summed E-state index contributed by atoms with van der Waals surface area (Å²) in [5.74, 6) is -0.725. The van der Waals surface area contributed by atoms with Gasteiger partial charge in [-0.1, -0.05) is 12.8 Å². The number of likely N-dealkylation sites (N-methyl/N-ethyl adjacent to an activating group) is 1. The smallest absolute Gasteiger partial charge is 0.312 e. The molecule has 0 aromatic rings. The third-order valence-electron chi connectivity index (χ3n) is 3.91. The first kappa shape index (κ1) is 12.4. The lowest BCUT2D eigenvalue weighted by Crippen LogP contribution is -2.61. The van der Waals surface area contributed by atoms with Gasteiger partial charge in [0.15, 0.2) is 0 Å². The number of hydrogen-bond donors (Lipinski definition) is 1. The van der Waals surface area contributed by atoms with Crippen LogP contribution < -0.4 is 5.73 Å². The first-order valence-corrected chi connectivity index (χ1v) is 6.50. The Morgan fingerprint density at radius 2 is 1.88 bits per heavy atom. The Morgan fingerprint density at radius 3 is 2.53 bits per heavy atom. The number of amides is 2. The molecule has 0 aromatic carbocycles. The van der Waals surface area contributed by atoms with Crippen LogP contribution in [0.3, 0.4) is 0 Å². The molecule has 1 saturated carbocycles. The van der Waals surface area contributed by atoms with Gasteiger partial charge in [-0.25, -0.2) is 0 Å². The highest BCUT2D eigenvalue weighted by molar-refractivity contribution is 6.35. The highest BCUT2D eigenvalue weighted by Gasteiger charge is 2.38. The summed E-state index contributed by atoms with van der Waals surface area (Å²) in [5, 5.41) is 0. The third kappa shape index (κ3) is 2.29. The van der Waals surface area contributed by atoms with Crippen molar-refractivity contribution in [2.45, 2.75) is 44.7 Å². The molecule has 2 fully saturated rings. The average Bonchev–Trinajstić information content (AvgIpc) is 2.34.